The van der Waals surface area contributed by atoms with Crippen molar-refractivity contribution in [2.75, 3.05) is 19.6 Å². The second-order valence-electron chi connectivity index (χ2n) is 6.42. The van der Waals surface area contributed by atoms with Crippen LogP contribution in [0.15, 0.2) is 0 Å². The molecule has 1 heterocycles. The molecule has 0 aliphatic carbocycles. The van der Waals surface area contributed by atoms with Crippen molar-refractivity contribution in [3.63, 3.8) is 0 Å². The van der Waals surface area contributed by atoms with E-state index < -0.39 is 0 Å². The fourth-order valence-corrected chi connectivity index (χ4v) is 3.11. The summed E-state index contributed by atoms with van der Waals surface area (Å²) < 4.78 is 0. The highest BCUT2D eigenvalue weighted by Gasteiger charge is 2.28. The molecule has 18 heavy (non-hydrogen) atoms. The number of nitrogens with one attached hydrogen (secondary N) is 1. The minimum atomic E-state index is 0.747. The summed E-state index contributed by atoms with van der Waals surface area (Å²) in [6, 6.07) is 1.51. The van der Waals surface area contributed by atoms with E-state index in [1.54, 1.807) is 0 Å². The zero-order valence-electron chi connectivity index (χ0n) is 13.2. The lowest BCUT2D eigenvalue weighted by atomic mass is 9.91. The molecule has 108 valence electrons. The van der Waals surface area contributed by atoms with E-state index in [0.29, 0.717) is 0 Å². The molecule has 4 atom stereocenters. The SMILES string of the molecule is CCCNC1CCN(C(C)CC(C)CC)CC1C. The van der Waals surface area contributed by atoms with Gasteiger partial charge in [0, 0.05) is 18.6 Å². The minimum absolute atomic E-state index is 0.747. The van der Waals surface area contributed by atoms with Crippen LogP contribution in [-0.4, -0.2) is 36.6 Å². The minimum Gasteiger partial charge on any atom is -0.314 e. The Kier molecular flexibility index (Phi) is 7.25. The summed E-state index contributed by atoms with van der Waals surface area (Å²) in [5.74, 6) is 1.66. The second-order valence-corrected chi connectivity index (χ2v) is 6.42. The molecule has 0 radical (unpaired) electrons. The van der Waals surface area contributed by atoms with E-state index in [2.05, 4.69) is 44.8 Å². The molecule has 1 fully saturated rings. The Morgan fingerprint density at radius 1 is 1.28 bits per heavy atom. The van der Waals surface area contributed by atoms with Gasteiger partial charge in [-0.15, -0.1) is 0 Å². The first-order valence-electron chi connectivity index (χ1n) is 8.05. The zero-order chi connectivity index (χ0) is 13.5. The van der Waals surface area contributed by atoms with E-state index in [9.17, 15) is 0 Å². The van der Waals surface area contributed by atoms with Gasteiger partial charge in [0.15, 0.2) is 0 Å². The quantitative estimate of drug-likeness (QED) is 0.748. The second kappa shape index (κ2) is 8.16. The molecule has 1 aliphatic rings. The smallest absolute Gasteiger partial charge is 0.0117 e. The van der Waals surface area contributed by atoms with Crippen molar-refractivity contribution < 1.29 is 0 Å². The number of nitrogens with zero attached hydrogens (tertiary/aromatic N) is 1. The van der Waals surface area contributed by atoms with Crippen LogP contribution in [0, 0.1) is 11.8 Å². The molecular formula is C16H34N2. The topological polar surface area (TPSA) is 15.3 Å². The molecule has 1 saturated heterocycles. The van der Waals surface area contributed by atoms with Crippen molar-refractivity contribution >= 4 is 0 Å². The Balaban J connectivity index is 2.35. The molecule has 0 aromatic rings. The van der Waals surface area contributed by atoms with Crippen LogP contribution >= 0.6 is 0 Å². The third kappa shape index (κ3) is 4.89. The Labute approximate surface area is 115 Å². The highest BCUT2D eigenvalue weighted by atomic mass is 15.2. The predicted octanol–water partition coefficient (Wildman–Crippen LogP) is 3.52. The Morgan fingerprint density at radius 3 is 2.56 bits per heavy atom. The summed E-state index contributed by atoms with van der Waals surface area (Å²) in [4.78, 5) is 2.71. The van der Waals surface area contributed by atoms with Gasteiger partial charge in [0.05, 0.1) is 0 Å². The molecule has 1 aliphatic heterocycles. The van der Waals surface area contributed by atoms with Crippen molar-refractivity contribution in [2.45, 2.75) is 72.4 Å². The number of hydrogen-bond donors (Lipinski definition) is 1. The van der Waals surface area contributed by atoms with Gasteiger partial charge >= 0.3 is 0 Å². The van der Waals surface area contributed by atoms with Crippen LogP contribution in [-0.2, 0) is 0 Å². The standard InChI is InChI=1S/C16H34N2/c1-6-9-17-16-8-10-18(12-14(16)4)15(5)11-13(3)7-2/h13-17H,6-12H2,1-5H3. The monoisotopic (exact) mass is 254 g/mol. The molecule has 4 unspecified atom stereocenters. The zero-order valence-corrected chi connectivity index (χ0v) is 13.2. The predicted molar refractivity (Wildman–Crippen MR) is 81.0 cm³/mol. The summed E-state index contributed by atoms with van der Waals surface area (Å²) in [5, 5.41) is 3.71. The molecule has 0 spiro atoms. The van der Waals surface area contributed by atoms with E-state index in [4.69, 9.17) is 0 Å². The van der Waals surface area contributed by atoms with Gasteiger partial charge in [-0.2, -0.15) is 0 Å². The maximum absolute atomic E-state index is 3.71. The van der Waals surface area contributed by atoms with E-state index in [-0.39, 0.29) is 0 Å². The van der Waals surface area contributed by atoms with Crippen LogP contribution in [0.2, 0.25) is 0 Å². The van der Waals surface area contributed by atoms with Crippen LogP contribution < -0.4 is 5.32 Å². The van der Waals surface area contributed by atoms with Gasteiger partial charge in [-0.3, -0.25) is 0 Å². The van der Waals surface area contributed by atoms with Crippen LogP contribution in [0.5, 0.6) is 0 Å². The Morgan fingerprint density at radius 2 is 2.00 bits per heavy atom. The molecule has 0 saturated carbocycles. The number of hydrogen-bond acceptors (Lipinski definition) is 2. The first-order valence-corrected chi connectivity index (χ1v) is 8.05. The van der Waals surface area contributed by atoms with Crippen molar-refractivity contribution in [1.82, 2.24) is 10.2 Å². The van der Waals surface area contributed by atoms with Crippen LogP contribution in [0.4, 0.5) is 0 Å². The van der Waals surface area contributed by atoms with Crippen molar-refractivity contribution in [1.29, 1.82) is 0 Å². The molecule has 0 aromatic heterocycles. The average Bonchev–Trinajstić information content (AvgIpc) is 2.37. The molecule has 1 rings (SSSR count). The maximum Gasteiger partial charge on any atom is 0.0117 e. The molecule has 0 amide bonds. The maximum atomic E-state index is 3.71. The molecule has 2 nitrogen and oxygen atoms in total. The fourth-order valence-electron chi connectivity index (χ4n) is 3.11. The van der Waals surface area contributed by atoms with E-state index >= 15 is 0 Å². The summed E-state index contributed by atoms with van der Waals surface area (Å²) in [5.41, 5.74) is 0. The van der Waals surface area contributed by atoms with Crippen LogP contribution in [0.25, 0.3) is 0 Å². The lowest BCUT2D eigenvalue weighted by molar-refractivity contribution is 0.0992. The first-order chi connectivity index (χ1) is 8.58. The lowest BCUT2D eigenvalue weighted by Crippen LogP contribution is -2.51. The van der Waals surface area contributed by atoms with E-state index in [0.717, 1.165) is 23.9 Å². The third-order valence-electron chi connectivity index (χ3n) is 4.66. The van der Waals surface area contributed by atoms with Gasteiger partial charge in [-0.25, -0.2) is 0 Å². The summed E-state index contributed by atoms with van der Waals surface area (Å²) >= 11 is 0. The van der Waals surface area contributed by atoms with Crippen molar-refractivity contribution in [2.24, 2.45) is 11.8 Å². The lowest BCUT2D eigenvalue weighted by Gasteiger charge is -2.41. The van der Waals surface area contributed by atoms with Crippen molar-refractivity contribution in [3.8, 4) is 0 Å². The number of likely N-dealkylation sites (tertiary alicyclic amines) is 1. The van der Waals surface area contributed by atoms with Gasteiger partial charge in [-0.05, 0) is 51.1 Å². The highest BCUT2D eigenvalue weighted by Crippen LogP contribution is 2.22. The third-order valence-corrected chi connectivity index (χ3v) is 4.66. The fraction of sp³-hybridized carbons (Fsp3) is 1.00. The van der Waals surface area contributed by atoms with Crippen molar-refractivity contribution in [3.05, 3.63) is 0 Å². The summed E-state index contributed by atoms with van der Waals surface area (Å²) in [6.45, 7) is 15.5. The van der Waals surface area contributed by atoms with E-state index in [1.807, 2.05) is 0 Å². The molecule has 2 heteroatoms. The first kappa shape index (κ1) is 16.0. The summed E-state index contributed by atoms with van der Waals surface area (Å²) in [7, 11) is 0. The average molecular weight is 254 g/mol. The Hall–Kier alpha value is -0.0800. The molecule has 0 bridgehead atoms. The Bertz CT molecular complexity index is 217. The van der Waals surface area contributed by atoms with Gasteiger partial charge < -0.3 is 10.2 Å². The highest BCUT2D eigenvalue weighted by molar-refractivity contribution is 4.85. The molecule has 0 aromatic carbocycles. The van der Waals surface area contributed by atoms with Gasteiger partial charge in [-0.1, -0.05) is 34.1 Å². The van der Waals surface area contributed by atoms with Gasteiger partial charge in [0.2, 0.25) is 0 Å². The van der Waals surface area contributed by atoms with Crippen LogP contribution in [0.3, 0.4) is 0 Å². The normalized spacial score (nSPS) is 29.2. The number of piperidine rings is 1. The molecular weight excluding hydrogens is 220 g/mol. The van der Waals surface area contributed by atoms with Crippen LogP contribution in [0.1, 0.15) is 60.3 Å². The number of rotatable bonds is 7. The van der Waals surface area contributed by atoms with E-state index in [1.165, 1.54) is 45.3 Å². The summed E-state index contributed by atoms with van der Waals surface area (Å²) in [6.07, 6.45) is 5.24. The largest absolute Gasteiger partial charge is 0.314 e. The molecule has 1 N–H and O–H groups in total. The van der Waals surface area contributed by atoms with Gasteiger partial charge in [0.1, 0.15) is 0 Å². The van der Waals surface area contributed by atoms with Gasteiger partial charge in [0.25, 0.3) is 0 Å².